The molecule has 0 radical (unpaired) electrons. The lowest BCUT2D eigenvalue weighted by Crippen LogP contribution is -2.64. The predicted octanol–water partition coefficient (Wildman–Crippen LogP) is 3.04. The van der Waals surface area contributed by atoms with Crippen LogP contribution >= 0.6 is 0 Å². The van der Waals surface area contributed by atoms with Crippen molar-refractivity contribution in [3.05, 3.63) is 76.9 Å². The van der Waals surface area contributed by atoms with E-state index in [1.54, 1.807) is 6.08 Å². The smallest absolute Gasteiger partial charge is 0.416 e. The Bertz CT molecular complexity index is 943. The molecule has 2 aromatic carbocycles. The van der Waals surface area contributed by atoms with E-state index in [0.29, 0.717) is 17.6 Å². The molecule has 6 nitrogen and oxygen atoms in total. The van der Waals surface area contributed by atoms with E-state index in [2.05, 4.69) is 10.3 Å². The molecule has 0 saturated carbocycles. The van der Waals surface area contributed by atoms with Crippen LogP contribution in [0.15, 0.2) is 59.8 Å². The Morgan fingerprint density at radius 1 is 1.17 bits per heavy atom. The zero-order valence-electron chi connectivity index (χ0n) is 16.2. The molecule has 0 unspecified atom stereocenters. The third kappa shape index (κ3) is 5.37. The fraction of sp³-hybridized carbons (Fsp3) is 0.286. The summed E-state index contributed by atoms with van der Waals surface area (Å²) >= 11 is 0. The Kier molecular flexibility index (Phi) is 6.71. The Hall–Kier alpha value is -3.36. The number of hydrogen-bond acceptors (Lipinski definition) is 3. The van der Waals surface area contributed by atoms with Gasteiger partial charge in [0, 0.05) is 13.1 Å². The molecule has 1 aliphatic rings. The minimum atomic E-state index is -4.48. The Morgan fingerprint density at radius 2 is 1.93 bits per heavy atom. The number of amides is 1. The first-order valence-corrected chi connectivity index (χ1v) is 9.36. The predicted molar refractivity (Wildman–Crippen MR) is 104 cm³/mol. The van der Waals surface area contributed by atoms with Gasteiger partial charge in [0.2, 0.25) is 0 Å². The van der Waals surface area contributed by atoms with E-state index in [0.717, 1.165) is 11.6 Å². The average Bonchev–Trinajstić information content (AvgIpc) is 2.76. The maximum atomic E-state index is 13.5. The van der Waals surface area contributed by atoms with Crippen LogP contribution in [0.25, 0.3) is 5.57 Å². The lowest BCUT2D eigenvalue weighted by atomic mass is 9.93. The highest BCUT2D eigenvalue weighted by molar-refractivity contribution is 5.74. The number of carbonyl (C=O) groups is 1. The van der Waals surface area contributed by atoms with E-state index in [9.17, 15) is 18.0 Å². The highest BCUT2D eigenvalue weighted by atomic mass is 19.4. The topological polar surface area (TPSA) is 81.9 Å². The Balaban J connectivity index is 1.72. The Morgan fingerprint density at radius 3 is 2.57 bits per heavy atom. The van der Waals surface area contributed by atoms with Gasteiger partial charge in [0.05, 0.1) is 10.8 Å². The monoisotopic (exact) mass is 419 g/mol. The third-order valence-corrected chi connectivity index (χ3v) is 4.78. The van der Waals surface area contributed by atoms with E-state index in [1.165, 1.54) is 17.0 Å². The summed E-state index contributed by atoms with van der Waals surface area (Å²) in [7, 11) is 0. The number of nitrogens with two attached hydrogens (primary N) is 1. The summed E-state index contributed by atoms with van der Waals surface area (Å²) in [6.45, 7) is 0.817. The molecule has 0 spiro atoms. The molecule has 3 N–H and O–H groups in total. The first-order valence-electron chi connectivity index (χ1n) is 9.36. The quantitative estimate of drug-likeness (QED) is 0.444. The minimum absolute atomic E-state index is 0.108. The molecule has 0 aromatic heterocycles. The second kappa shape index (κ2) is 9.43. The zero-order chi connectivity index (χ0) is 21.6. The van der Waals surface area contributed by atoms with E-state index >= 15 is 0 Å². The van der Waals surface area contributed by atoms with Gasteiger partial charge >= 0.3 is 12.3 Å². The van der Waals surface area contributed by atoms with Gasteiger partial charge in [0.25, 0.3) is 0 Å². The van der Waals surface area contributed by atoms with Gasteiger partial charge in [-0.25, -0.2) is 4.79 Å². The maximum Gasteiger partial charge on any atom is 0.416 e. The van der Waals surface area contributed by atoms with Crippen molar-refractivity contribution >= 4 is 11.7 Å². The molecule has 0 aliphatic carbocycles. The van der Waals surface area contributed by atoms with Gasteiger partial charge in [-0.2, -0.15) is 24.1 Å². The molecule has 2 aromatic rings. The van der Waals surface area contributed by atoms with Crippen molar-refractivity contribution in [1.29, 1.82) is 0 Å². The molecule has 3 rings (SSSR count). The van der Waals surface area contributed by atoms with Crippen molar-refractivity contribution in [2.45, 2.75) is 25.7 Å². The first-order chi connectivity index (χ1) is 14.4. The standard InChI is InChI=1S/C21H21F3N4O2/c22-21(23,24)19-7-6-16(13-26-27-25)12-18(19)17-8-10-28(11-9-17)20(29)30-14-15-4-2-1-3-5-15/h1-8,12H,9-11,13-14H2,(H2,25,26)/p+1. The van der Waals surface area contributed by atoms with Crippen LogP contribution in [-0.4, -0.2) is 24.1 Å². The van der Waals surface area contributed by atoms with Gasteiger partial charge in [-0.15, -0.1) is 0 Å². The fourth-order valence-corrected chi connectivity index (χ4v) is 3.24. The van der Waals surface area contributed by atoms with Crippen LogP contribution in [0, 0.1) is 0 Å². The zero-order valence-corrected chi connectivity index (χ0v) is 16.2. The maximum absolute atomic E-state index is 13.5. The molecule has 1 heterocycles. The van der Waals surface area contributed by atoms with Gasteiger partial charge in [-0.3, -0.25) is 0 Å². The van der Waals surface area contributed by atoms with Gasteiger partial charge in [-0.1, -0.05) is 42.5 Å². The molecular weight excluding hydrogens is 397 g/mol. The lowest BCUT2D eigenvalue weighted by Gasteiger charge is -2.27. The highest BCUT2D eigenvalue weighted by Gasteiger charge is 2.34. The molecule has 1 aliphatic heterocycles. The first kappa shape index (κ1) is 21.4. The van der Waals surface area contributed by atoms with E-state index < -0.39 is 17.8 Å². The second-order valence-corrected chi connectivity index (χ2v) is 6.81. The van der Waals surface area contributed by atoms with Crippen LogP contribution in [-0.2, 0) is 24.1 Å². The van der Waals surface area contributed by atoms with E-state index in [1.807, 2.05) is 30.3 Å². The summed E-state index contributed by atoms with van der Waals surface area (Å²) in [6.07, 6.45) is -3.04. The van der Waals surface area contributed by atoms with Gasteiger partial charge in [0.1, 0.15) is 13.2 Å². The molecule has 0 fully saturated rings. The molecule has 30 heavy (non-hydrogen) atoms. The third-order valence-electron chi connectivity index (χ3n) is 4.78. The largest absolute Gasteiger partial charge is 0.445 e. The fourth-order valence-electron chi connectivity index (χ4n) is 3.24. The van der Waals surface area contributed by atoms with Crippen LogP contribution in [0.5, 0.6) is 0 Å². The molecular formula is C21H22F3N4O2+. The summed E-state index contributed by atoms with van der Waals surface area (Å²) in [5.74, 6) is 5.03. The number of rotatable bonds is 5. The summed E-state index contributed by atoms with van der Waals surface area (Å²) in [5.41, 5.74) is 1.43. The number of ether oxygens (including phenoxy) is 1. The van der Waals surface area contributed by atoms with Crippen LogP contribution in [0.2, 0.25) is 0 Å². The average molecular weight is 419 g/mol. The molecule has 1 amide bonds. The van der Waals surface area contributed by atoms with Crippen molar-refractivity contribution < 1.29 is 27.8 Å². The number of nitrogens with zero attached hydrogens (tertiary/aromatic N) is 2. The van der Waals surface area contributed by atoms with Crippen molar-refractivity contribution in [2.24, 2.45) is 11.1 Å². The van der Waals surface area contributed by atoms with E-state index in [-0.39, 0.29) is 31.8 Å². The molecule has 9 heteroatoms. The summed E-state index contributed by atoms with van der Waals surface area (Å²) in [6, 6.07) is 13.2. The number of nitrogens with one attached hydrogen (secondary N) is 1. The SMILES string of the molecule is NN=[NH+]Cc1ccc(C(F)(F)F)c(C2=CCN(C(=O)OCc3ccccc3)CC2)c1. The van der Waals surface area contributed by atoms with E-state index in [4.69, 9.17) is 10.6 Å². The van der Waals surface area contributed by atoms with Gasteiger partial charge < -0.3 is 9.64 Å². The summed E-state index contributed by atoms with van der Waals surface area (Å²) in [5, 5.41) is 5.80. The number of alkyl halides is 3. The lowest BCUT2D eigenvalue weighted by molar-refractivity contribution is -0.551. The van der Waals surface area contributed by atoms with Crippen LogP contribution < -0.4 is 11.0 Å². The number of hydrogen-bond donors (Lipinski definition) is 2. The highest BCUT2D eigenvalue weighted by Crippen LogP contribution is 2.37. The molecule has 158 valence electrons. The van der Waals surface area contributed by atoms with Crippen molar-refractivity contribution in [3.8, 4) is 0 Å². The Labute approximate surface area is 171 Å². The normalized spacial score (nSPS) is 14.6. The van der Waals surface area contributed by atoms with Gasteiger partial charge in [-0.05, 0) is 40.8 Å². The van der Waals surface area contributed by atoms with Crippen LogP contribution in [0.1, 0.15) is 28.7 Å². The molecule has 0 saturated heterocycles. The second-order valence-electron chi connectivity index (χ2n) is 6.81. The van der Waals surface area contributed by atoms with Gasteiger partial charge in [0.15, 0.2) is 0 Å². The number of halogens is 3. The van der Waals surface area contributed by atoms with Crippen molar-refractivity contribution in [3.63, 3.8) is 0 Å². The van der Waals surface area contributed by atoms with Crippen LogP contribution in [0.4, 0.5) is 18.0 Å². The molecule has 0 atom stereocenters. The number of carbonyl (C=O) groups excluding carboxylic acids is 1. The summed E-state index contributed by atoms with van der Waals surface area (Å²) in [4.78, 5) is 13.7. The summed E-state index contributed by atoms with van der Waals surface area (Å²) < 4.78 is 45.8. The van der Waals surface area contributed by atoms with Crippen molar-refractivity contribution in [2.75, 3.05) is 13.1 Å². The minimum Gasteiger partial charge on any atom is -0.445 e. The van der Waals surface area contributed by atoms with Crippen molar-refractivity contribution in [1.82, 2.24) is 4.90 Å². The van der Waals surface area contributed by atoms with Crippen LogP contribution in [0.3, 0.4) is 0 Å². The molecule has 0 bridgehead atoms. The number of benzene rings is 2.